The van der Waals surface area contributed by atoms with Crippen molar-refractivity contribution in [2.45, 2.75) is 51.4 Å². The zero-order valence-corrected chi connectivity index (χ0v) is 19.2. The number of carbonyl (C=O) groups excluding carboxylic acids is 1. The number of halogens is 4. The summed E-state index contributed by atoms with van der Waals surface area (Å²) < 4.78 is 48.7. The number of nitrogens with zero attached hydrogens (tertiary/aromatic N) is 2. The van der Waals surface area contributed by atoms with Crippen molar-refractivity contribution in [1.29, 1.82) is 0 Å². The van der Waals surface area contributed by atoms with Gasteiger partial charge in [0.05, 0.1) is 5.71 Å². The number of hydrazone groups is 1. The van der Waals surface area contributed by atoms with Gasteiger partial charge in [-0.05, 0) is 62.6 Å². The number of rotatable bonds is 3. The lowest BCUT2D eigenvalue weighted by molar-refractivity contribution is -0.227. The number of alkyl halides is 3. The van der Waals surface area contributed by atoms with Crippen molar-refractivity contribution < 1.29 is 22.7 Å². The van der Waals surface area contributed by atoms with Gasteiger partial charge in [0, 0.05) is 24.2 Å². The molecule has 0 aliphatic carbocycles. The molecule has 0 saturated heterocycles. The zero-order valence-electron chi connectivity index (χ0n) is 18.5. The Bertz CT molecular complexity index is 1050. The van der Waals surface area contributed by atoms with E-state index in [1.54, 1.807) is 52.0 Å². The summed E-state index contributed by atoms with van der Waals surface area (Å²) >= 11 is 5.91. The van der Waals surface area contributed by atoms with E-state index in [9.17, 15) is 18.0 Å². The van der Waals surface area contributed by atoms with Crippen LogP contribution in [-0.2, 0) is 10.3 Å². The van der Waals surface area contributed by atoms with Crippen molar-refractivity contribution in [3.05, 3.63) is 64.2 Å². The van der Waals surface area contributed by atoms with E-state index in [0.29, 0.717) is 27.5 Å². The first kappa shape index (κ1) is 23.9. The quantitative estimate of drug-likeness (QED) is 0.561. The summed E-state index contributed by atoms with van der Waals surface area (Å²) in [4.78, 5) is 12.1. The number of nitrogens with one attached hydrogen (secondary N) is 1. The van der Waals surface area contributed by atoms with Crippen LogP contribution in [0.2, 0.25) is 5.02 Å². The Hall–Kier alpha value is -2.74. The Kier molecular flexibility index (Phi) is 6.21. The van der Waals surface area contributed by atoms with Gasteiger partial charge in [-0.1, -0.05) is 35.9 Å². The maximum atomic E-state index is 14.5. The molecule has 0 bridgehead atoms. The van der Waals surface area contributed by atoms with E-state index >= 15 is 0 Å². The molecule has 1 unspecified atom stereocenters. The van der Waals surface area contributed by atoms with E-state index in [0.717, 1.165) is 5.01 Å². The molecule has 2 aromatic carbocycles. The molecule has 1 aliphatic heterocycles. The first-order valence-electron chi connectivity index (χ1n) is 9.98. The van der Waals surface area contributed by atoms with Gasteiger partial charge in [-0.25, -0.2) is 4.79 Å². The molecule has 1 heterocycles. The number of anilines is 1. The molecule has 0 aromatic heterocycles. The highest BCUT2D eigenvalue weighted by Crippen LogP contribution is 2.50. The van der Waals surface area contributed by atoms with Crippen molar-refractivity contribution in [2.75, 3.05) is 12.4 Å². The number of hydrogen-bond acceptors (Lipinski definition) is 4. The van der Waals surface area contributed by atoms with Gasteiger partial charge in [-0.2, -0.15) is 18.3 Å². The molecule has 1 N–H and O–H groups in total. The van der Waals surface area contributed by atoms with Crippen LogP contribution in [0.5, 0.6) is 0 Å². The molecule has 0 saturated carbocycles. The average molecular weight is 468 g/mol. The summed E-state index contributed by atoms with van der Waals surface area (Å²) in [6.45, 7) is 6.81. The van der Waals surface area contributed by atoms with E-state index in [4.69, 9.17) is 16.3 Å². The van der Waals surface area contributed by atoms with E-state index in [2.05, 4.69) is 10.4 Å². The molecule has 0 spiro atoms. The van der Waals surface area contributed by atoms with Crippen molar-refractivity contribution in [3.63, 3.8) is 0 Å². The topological polar surface area (TPSA) is 53.9 Å². The Labute approximate surface area is 190 Å². The van der Waals surface area contributed by atoms with Gasteiger partial charge in [0.2, 0.25) is 0 Å². The highest BCUT2D eigenvalue weighted by atomic mass is 35.5. The predicted molar refractivity (Wildman–Crippen MR) is 119 cm³/mol. The maximum absolute atomic E-state index is 14.5. The first-order chi connectivity index (χ1) is 14.7. The minimum Gasteiger partial charge on any atom is -0.444 e. The number of amides is 1. The monoisotopic (exact) mass is 467 g/mol. The fourth-order valence-electron chi connectivity index (χ4n) is 3.67. The highest BCUT2D eigenvalue weighted by molar-refractivity contribution is 6.30. The van der Waals surface area contributed by atoms with Crippen LogP contribution in [-0.4, -0.2) is 35.6 Å². The molecule has 1 aliphatic rings. The summed E-state index contributed by atoms with van der Waals surface area (Å²) in [7, 11) is 1.32. The van der Waals surface area contributed by atoms with Crippen LogP contribution in [0.15, 0.2) is 47.6 Å². The van der Waals surface area contributed by atoms with Crippen molar-refractivity contribution in [1.82, 2.24) is 5.01 Å². The lowest BCUT2D eigenvalue weighted by Gasteiger charge is -2.38. The molecular formula is C23H25ClF3N3O2. The van der Waals surface area contributed by atoms with Crippen LogP contribution >= 0.6 is 11.6 Å². The third-order valence-corrected chi connectivity index (χ3v) is 5.48. The van der Waals surface area contributed by atoms with E-state index in [1.165, 1.54) is 25.2 Å². The lowest BCUT2D eigenvalue weighted by Crippen LogP contribution is -2.50. The van der Waals surface area contributed by atoms with Gasteiger partial charge < -0.3 is 4.74 Å². The van der Waals surface area contributed by atoms with Crippen LogP contribution in [0.3, 0.4) is 0 Å². The molecule has 1 atom stereocenters. The van der Waals surface area contributed by atoms with E-state index in [1.807, 2.05) is 0 Å². The van der Waals surface area contributed by atoms with Gasteiger partial charge in [0.25, 0.3) is 0 Å². The first-order valence-corrected chi connectivity index (χ1v) is 10.4. The standard InChI is InChI=1S/C23H25ClF3N3O2/c1-14-12-16(8-11-18(14)28-20(31)32-21(2,3)4)22(23(25,26)27)13-19(29-30(22)5)15-6-9-17(24)10-7-15/h6-12H,13H2,1-5H3,(H,28,31). The number of aryl methyl sites for hydroxylation is 1. The van der Waals surface area contributed by atoms with Crippen LogP contribution in [0, 0.1) is 6.92 Å². The second kappa shape index (κ2) is 8.31. The molecule has 0 radical (unpaired) electrons. The minimum absolute atomic E-state index is 0.0347. The average Bonchev–Trinajstić information content (AvgIpc) is 3.01. The zero-order chi connectivity index (χ0) is 23.9. The second-order valence-electron chi connectivity index (χ2n) is 8.77. The van der Waals surface area contributed by atoms with Gasteiger partial charge in [0.1, 0.15) is 5.60 Å². The summed E-state index contributed by atoms with van der Waals surface area (Å²) in [6, 6.07) is 10.8. The maximum Gasteiger partial charge on any atom is 0.417 e. The van der Waals surface area contributed by atoms with E-state index < -0.39 is 23.4 Å². The predicted octanol–water partition coefficient (Wildman–Crippen LogP) is 6.49. The van der Waals surface area contributed by atoms with Crippen LogP contribution < -0.4 is 5.32 Å². The van der Waals surface area contributed by atoms with Crippen molar-refractivity contribution in [2.24, 2.45) is 5.10 Å². The van der Waals surface area contributed by atoms with Crippen LogP contribution in [0.1, 0.15) is 43.9 Å². The van der Waals surface area contributed by atoms with Crippen molar-refractivity contribution >= 4 is 29.1 Å². The number of carbonyl (C=O) groups is 1. The molecule has 3 rings (SSSR count). The Morgan fingerprint density at radius 2 is 1.78 bits per heavy atom. The number of benzene rings is 2. The Morgan fingerprint density at radius 1 is 1.16 bits per heavy atom. The highest BCUT2D eigenvalue weighted by Gasteiger charge is 2.62. The van der Waals surface area contributed by atoms with Crippen molar-refractivity contribution in [3.8, 4) is 0 Å². The van der Waals surface area contributed by atoms with Crippen LogP contribution in [0.4, 0.5) is 23.7 Å². The fourth-order valence-corrected chi connectivity index (χ4v) is 3.80. The summed E-state index contributed by atoms with van der Waals surface area (Å²) in [5.41, 5.74) is -1.25. The second-order valence-corrected chi connectivity index (χ2v) is 9.21. The lowest BCUT2D eigenvalue weighted by atomic mass is 9.82. The molecular weight excluding hydrogens is 443 g/mol. The van der Waals surface area contributed by atoms with Gasteiger partial charge in [0.15, 0.2) is 5.54 Å². The Balaban J connectivity index is 1.95. The molecule has 2 aromatic rings. The molecule has 1 amide bonds. The summed E-state index contributed by atoms with van der Waals surface area (Å²) in [5.74, 6) is 0. The number of ether oxygens (including phenoxy) is 1. The fraction of sp³-hybridized carbons (Fsp3) is 0.391. The third kappa shape index (κ3) is 4.70. The smallest absolute Gasteiger partial charge is 0.417 e. The molecule has 172 valence electrons. The molecule has 0 fully saturated rings. The molecule has 9 heteroatoms. The van der Waals surface area contributed by atoms with Gasteiger partial charge in [-0.3, -0.25) is 10.3 Å². The number of hydrogen-bond donors (Lipinski definition) is 1. The van der Waals surface area contributed by atoms with Gasteiger partial charge in [-0.15, -0.1) is 0 Å². The summed E-state index contributed by atoms with van der Waals surface area (Å²) in [5, 5.41) is 8.27. The van der Waals surface area contributed by atoms with Gasteiger partial charge >= 0.3 is 12.3 Å². The SMILES string of the molecule is Cc1cc(C2(C(F)(F)F)CC(c3ccc(Cl)cc3)=NN2C)ccc1NC(=O)OC(C)(C)C. The molecule has 32 heavy (non-hydrogen) atoms. The minimum atomic E-state index is -4.61. The largest absolute Gasteiger partial charge is 0.444 e. The molecule has 5 nitrogen and oxygen atoms in total. The normalized spacial score (nSPS) is 19.0. The third-order valence-electron chi connectivity index (χ3n) is 5.23. The Morgan fingerprint density at radius 3 is 2.31 bits per heavy atom. The van der Waals surface area contributed by atoms with E-state index in [-0.39, 0.29) is 12.0 Å². The summed E-state index contributed by atoms with van der Waals surface area (Å²) in [6.07, 6.45) is -5.64. The van der Waals surface area contributed by atoms with Crippen LogP contribution in [0.25, 0.3) is 0 Å².